The minimum atomic E-state index is -3.63. The zero-order valence-corrected chi connectivity index (χ0v) is 15.8. The summed E-state index contributed by atoms with van der Waals surface area (Å²) in [5.74, 6) is -0.703. The average Bonchev–Trinajstić information content (AvgIpc) is 3.27. The molecule has 0 heterocycles. The molecule has 0 aliphatic heterocycles. The number of carbonyl (C=O) groups is 1. The molecule has 0 atom stereocenters. The molecule has 0 unspecified atom stereocenters. The third-order valence-electron chi connectivity index (χ3n) is 5.20. The normalized spacial score (nSPS) is 14.9. The number of hydrogen-bond donors (Lipinski definition) is 0. The standard InChI is InChI=1S/C18H27NO3S/c1-7-19(16-8-9-16)17(20)10-23(21,22)18-14(5)12(3)11(2)13(4)15(18)6/h16H,7-10H2,1-6H3. The first-order valence-corrected chi connectivity index (χ1v) is 9.86. The Morgan fingerprint density at radius 3 is 1.78 bits per heavy atom. The maximum atomic E-state index is 12.9. The van der Waals surface area contributed by atoms with Gasteiger partial charge in [0, 0.05) is 12.6 Å². The van der Waals surface area contributed by atoms with Crippen LogP contribution < -0.4 is 0 Å². The summed E-state index contributed by atoms with van der Waals surface area (Å²) in [5, 5.41) is 0. The second-order valence-corrected chi connectivity index (χ2v) is 8.55. The maximum Gasteiger partial charge on any atom is 0.238 e. The smallest absolute Gasteiger partial charge is 0.238 e. The molecule has 1 fully saturated rings. The molecule has 1 aliphatic carbocycles. The van der Waals surface area contributed by atoms with E-state index in [4.69, 9.17) is 0 Å². The van der Waals surface area contributed by atoms with E-state index in [1.165, 1.54) is 0 Å². The first-order chi connectivity index (χ1) is 10.6. The molecule has 0 bridgehead atoms. The van der Waals surface area contributed by atoms with Gasteiger partial charge in [-0.05, 0) is 82.2 Å². The molecular formula is C18H27NO3S. The van der Waals surface area contributed by atoms with Gasteiger partial charge in [-0.1, -0.05) is 0 Å². The number of benzene rings is 1. The quantitative estimate of drug-likeness (QED) is 0.830. The van der Waals surface area contributed by atoms with Gasteiger partial charge in [-0.15, -0.1) is 0 Å². The molecule has 23 heavy (non-hydrogen) atoms. The predicted octanol–water partition coefficient (Wildman–Crippen LogP) is 3.01. The van der Waals surface area contributed by atoms with Crippen molar-refractivity contribution in [3.8, 4) is 0 Å². The van der Waals surface area contributed by atoms with Crippen molar-refractivity contribution < 1.29 is 13.2 Å². The van der Waals surface area contributed by atoms with E-state index in [2.05, 4.69) is 0 Å². The lowest BCUT2D eigenvalue weighted by Gasteiger charge is -2.22. The van der Waals surface area contributed by atoms with E-state index in [0.717, 1.165) is 40.7 Å². The van der Waals surface area contributed by atoms with Gasteiger partial charge >= 0.3 is 0 Å². The first kappa shape index (κ1) is 18.0. The number of amides is 1. The van der Waals surface area contributed by atoms with Crippen molar-refractivity contribution in [2.45, 2.75) is 65.3 Å². The van der Waals surface area contributed by atoms with Gasteiger partial charge in [0.2, 0.25) is 5.91 Å². The van der Waals surface area contributed by atoms with Crippen LogP contribution in [0.1, 0.15) is 47.6 Å². The lowest BCUT2D eigenvalue weighted by atomic mass is 9.95. The summed E-state index contributed by atoms with van der Waals surface area (Å²) in [6, 6.07) is 0.242. The third-order valence-corrected chi connectivity index (χ3v) is 7.07. The van der Waals surface area contributed by atoms with Gasteiger partial charge in [0.1, 0.15) is 5.75 Å². The minimum absolute atomic E-state index is 0.242. The Morgan fingerprint density at radius 1 is 0.957 bits per heavy atom. The fourth-order valence-corrected chi connectivity index (χ4v) is 5.15. The maximum absolute atomic E-state index is 12.9. The van der Waals surface area contributed by atoms with Gasteiger partial charge in [-0.3, -0.25) is 4.79 Å². The van der Waals surface area contributed by atoms with Gasteiger partial charge in [0.15, 0.2) is 9.84 Å². The summed E-state index contributed by atoms with van der Waals surface area (Å²) in [4.78, 5) is 14.5. The highest BCUT2D eigenvalue weighted by Gasteiger charge is 2.34. The lowest BCUT2D eigenvalue weighted by molar-refractivity contribution is -0.128. The third kappa shape index (κ3) is 3.30. The Kier molecular flexibility index (Phi) is 4.90. The monoisotopic (exact) mass is 337 g/mol. The number of nitrogens with zero attached hydrogens (tertiary/aromatic N) is 1. The van der Waals surface area contributed by atoms with E-state index in [-0.39, 0.29) is 11.9 Å². The van der Waals surface area contributed by atoms with Crippen LogP contribution in [0, 0.1) is 34.6 Å². The lowest BCUT2D eigenvalue weighted by Crippen LogP contribution is -2.37. The fourth-order valence-electron chi connectivity index (χ4n) is 3.27. The van der Waals surface area contributed by atoms with Gasteiger partial charge < -0.3 is 4.90 Å². The second kappa shape index (κ2) is 6.27. The van der Waals surface area contributed by atoms with Crippen LogP contribution in [0.3, 0.4) is 0 Å². The highest BCUT2D eigenvalue weighted by atomic mass is 32.2. The van der Waals surface area contributed by atoms with Crippen LogP contribution in [0.15, 0.2) is 4.90 Å². The van der Waals surface area contributed by atoms with Crippen molar-refractivity contribution >= 4 is 15.7 Å². The molecule has 0 aromatic heterocycles. The van der Waals surface area contributed by atoms with Gasteiger partial charge in [0.05, 0.1) is 4.90 Å². The van der Waals surface area contributed by atoms with Crippen LogP contribution in [0.25, 0.3) is 0 Å². The SMILES string of the molecule is CCN(C(=O)CS(=O)(=O)c1c(C)c(C)c(C)c(C)c1C)C1CC1. The van der Waals surface area contributed by atoms with Crippen LogP contribution >= 0.6 is 0 Å². The number of rotatable bonds is 5. The van der Waals surface area contributed by atoms with Gasteiger partial charge in [-0.25, -0.2) is 8.42 Å². The molecule has 0 N–H and O–H groups in total. The molecule has 4 nitrogen and oxygen atoms in total. The molecule has 1 saturated carbocycles. The van der Waals surface area contributed by atoms with Crippen LogP contribution in [0.4, 0.5) is 0 Å². The van der Waals surface area contributed by atoms with Crippen molar-refractivity contribution in [3.63, 3.8) is 0 Å². The largest absolute Gasteiger partial charge is 0.339 e. The zero-order chi connectivity index (χ0) is 17.5. The first-order valence-electron chi connectivity index (χ1n) is 8.21. The second-order valence-electron chi connectivity index (χ2n) is 6.62. The van der Waals surface area contributed by atoms with E-state index < -0.39 is 15.6 Å². The summed E-state index contributed by atoms with van der Waals surface area (Å²) in [6.07, 6.45) is 1.97. The van der Waals surface area contributed by atoms with Crippen LogP contribution in [0.5, 0.6) is 0 Å². The highest BCUT2D eigenvalue weighted by molar-refractivity contribution is 7.92. The number of carbonyl (C=O) groups excluding carboxylic acids is 1. The Labute approximate surface area is 139 Å². The molecule has 5 heteroatoms. The van der Waals surface area contributed by atoms with Crippen molar-refractivity contribution in [1.29, 1.82) is 0 Å². The van der Waals surface area contributed by atoms with E-state index >= 15 is 0 Å². The molecule has 2 rings (SSSR count). The number of hydrogen-bond acceptors (Lipinski definition) is 3. The van der Waals surface area contributed by atoms with Crippen LogP contribution in [-0.4, -0.2) is 37.6 Å². The molecule has 128 valence electrons. The Balaban J connectivity index is 2.42. The van der Waals surface area contributed by atoms with Crippen molar-refractivity contribution in [1.82, 2.24) is 4.90 Å². The average molecular weight is 337 g/mol. The summed E-state index contributed by atoms with van der Waals surface area (Å²) in [6.45, 7) is 12.1. The van der Waals surface area contributed by atoms with E-state index in [9.17, 15) is 13.2 Å². The van der Waals surface area contributed by atoms with Gasteiger partial charge in [0.25, 0.3) is 0 Å². The molecule has 1 aromatic rings. The highest BCUT2D eigenvalue weighted by Crippen LogP contribution is 2.31. The molecular weight excluding hydrogens is 310 g/mol. The van der Waals surface area contributed by atoms with E-state index in [0.29, 0.717) is 11.4 Å². The van der Waals surface area contributed by atoms with Crippen LogP contribution in [0.2, 0.25) is 0 Å². The molecule has 0 radical (unpaired) electrons. The van der Waals surface area contributed by atoms with Crippen LogP contribution in [-0.2, 0) is 14.6 Å². The topological polar surface area (TPSA) is 54.5 Å². The molecule has 0 saturated heterocycles. The summed E-state index contributed by atoms with van der Waals surface area (Å²) < 4.78 is 25.8. The molecule has 0 spiro atoms. The summed E-state index contributed by atoms with van der Waals surface area (Å²) >= 11 is 0. The summed E-state index contributed by atoms with van der Waals surface area (Å²) in [5.41, 5.74) is 4.65. The van der Waals surface area contributed by atoms with Gasteiger partial charge in [-0.2, -0.15) is 0 Å². The number of sulfone groups is 1. The Bertz CT molecular complexity index is 717. The van der Waals surface area contributed by atoms with Crippen molar-refractivity contribution in [3.05, 3.63) is 27.8 Å². The van der Waals surface area contributed by atoms with Crippen molar-refractivity contribution in [2.24, 2.45) is 0 Å². The van der Waals surface area contributed by atoms with E-state index in [1.807, 2.05) is 41.5 Å². The predicted molar refractivity (Wildman–Crippen MR) is 92.6 cm³/mol. The minimum Gasteiger partial charge on any atom is -0.339 e. The van der Waals surface area contributed by atoms with E-state index in [1.54, 1.807) is 4.90 Å². The molecule has 1 amide bonds. The fraction of sp³-hybridized carbons (Fsp3) is 0.611. The van der Waals surface area contributed by atoms with Crippen molar-refractivity contribution in [2.75, 3.05) is 12.3 Å². The zero-order valence-electron chi connectivity index (χ0n) is 15.0. The Morgan fingerprint density at radius 2 is 1.39 bits per heavy atom. The molecule has 1 aliphatic rings. The Hall–Kier alpha value is -1.36. The molecule has 1 aromatic carbocycles. The summed E-state index contributed by atoms with van der Waals surface area (Å²) in [7, 11) is -3.63.